The van der Waals surface area contributed by atoms with E-state index in [0.29, 0.717) is 29.7 Å². The summed E-state index contributed by atoms with van der Waals surface area (Å²) in [4.78, 5) is 0. The molecule has 0 saturated heterocycles. The number of thiocarbonyl (C=S) groups is 1. The normalized spacial score (nSPS) is 10.8. The van der Waals surface area contributed by atoms with Crippen molar-refractivity contribution in [1.82, 2.24) is 19.6 Å². The van der Waals surface area contributed by atoms with Crippen molar-refractivity contribution in [2.45, 2.75) is 13.1 Å². The largest absolute Gasteiger partial charge is 0.330 e. The average molecular weight is 503 g/mol. The maximum atomic E-state index is 13.1. The molecule has 0 bridgehead atoms. The molecule has 0 atom stereocenters. The summed E-state index contributed by atoms with van der Waals surface area (Å²) in [6.07, 6.45) is 5.27. The minimum atomic E-state index is -0.273. The van der Waals surface area contributed by atoms with Gasteiger partial charge in [0.15, 0.2) is 10.9 Å². The van der Waals surface area contributed by atoms with E-state index in [0.717, 1.165) is 15.6 Å². The van der Waals surface area contributed by atoms with Crippen LogP contribution in [0.4, 0.5) is 20.3 Å². The third kappa shape index (κ3) is 5.74. The number of hydrogen-bond donors (Lipinski definition) is 2. The minimum Gasteiger partial charge on any atom is -0.330 e. The van der Waals surface area contributed by atoms with Crippen LogP contribution < -0.4 is 10.6 Å². The number of nitrogens with one attached hydrogen (secondary N) is 2. The Kier molecular flexibility index (Phi) is 6.38. The Balaban J connectivity index is 1.34. The molecule has 0 spiro atoms. The fraction of sp³-hybridized carbons (Fsp3) is 0.0952. The Morgan fingerprint density at radius 1 is 0.871 bits per heavy atom. The van der Waals surface area contributed by atoms with Crippen LogP contribution in [-0.2, 0) is 13.1 Å². The van der Waals surface area contributed by atoms with Gasteiger partial charge in [0.25, 0.3) is 0 Å². The van der Waals surface area contributed by atoms with Gasteiger partial charge in [0, 0.05) is 12.4 Å². The highest BCUT2D eigenvalue weighted by Crippen LogP contribution is 2.21. The lowest BCUT2D eigenvalue weighted by Gasteiger charge is -2.07. The van der Waals surface area contributed by atoms with Crippen LogP contribution >= 0.6 is 28.1 Å². The SMILES string of the molecule is Fc1ccc(Cn2cc(NC(=S)Nc3nn(Cc4ccc(F)cc4)cc3Br)cn2)cc1. The molecule has 2 aromatic heterocycles. The number of anilines is 2. The minimum absolute atomic E-state index is 0.269. The summed E-state index contributed by atoms with van der Waals surface area (Å²) in [5.41, 5.74) is 2.58. The van der Waals surface area contributed by atoms with Crippen LogP contribution in [0.3, 0.4) is 0 Å². The summed E-state index contributed by atoms with van der Waals surface area (Å²) in [6.45, 7) is 1.01. The summed E-state index contributed by atoms with van der Waals surface area (Å²) < 4.78 is 30.3. The fourth-order valence-electron chi connectivity index (χ4n) is 2.90. The maximum Gasteiger partial charge on any atom is 0.176 e. The van der Waals surface area contributed by atoms with Crippen molar-refractivity contribution in [2.24, 2.45) is 0 Å². The summed E-state index contributed by atoms with van der Waals surface area (Å²) in [6, 6.07) is 12.5. The van der Waals surface area contributed by atoms with Crippen molar-refractivity contribution in [1.29, 1.82) is 0 Å². The zero-order chi connectivity index (χ0) is 21.8. The van der Waals surface area contributed by atoms with Crippen molar-refractivity contribution in [3.63, 3.8) is 0 Å². The Hall–Kier alpha value is -3.11. The van der Waals surface area contributed by atoms with Crippen molar-refractivity contribution >= 4 is 44.8 Å². The molecule has 6 nitrogen and oxygen atoms in total. The summed E-state index contributed by atoms with van der Waals surface area (Å²) in [5, 5.41) is 15.2. The van der Waals surface area contributed by atoms with Crippen LogP contribution in [0.1, 0.15) is 11.1 Å². The number of rotatable bonds is 6. The molecule has 0 amide bonds. The van der Waals surface area contributed by atoms with Crippen molar-refractivity contribution in [3.8, 4) is 0 Å². The van der Waals surface area contributed by atoms with Gasteiger partial charge in [0.2, 0.25) is 0 Å². The average Bonchev–Trinajstić information content (AvgIpc) is 3.31. The molecule has 2 heterocycles. The second kappa shape index (κ2) is 9.36. The van der Waals surface area contributed by atoms with Crippen molar-refractivity contribution in [2.75, 3.05) is 10.6 Å². The molecule has 4 aromatic rings. The molecule has 158 valence electrons. The molecule has 0 saturated carbocycles. The number of nitrogens with zero attached hydrogens (tertiary/aromatic N) is 4. The van der Waals surface area contributed by atoms with Gasteiger partial charge in [-0.2, -0.15) is 10.2 Å². The molecule has 4 rings (SSSR count). The zero-order valence-electron chi connectivity index (χ0n) is 16.1. The van der Waals surface area contributed by atoms with E-state index in [1.807, 2.05) is 6.20 Å². The van der Waals surface area contributed by atoms with Gasteiger partial charge in [-0.1, -0.05) is 24.3 Å². The first-order chi connectivity index (χ1) is 14.9. The Bertz CT molecular complexity index is 1190. The third-order valence-electron chi connectivity index (χ3n) is 4.36. The van der Waals surface area contributed by atoms with Crippen molar-refractivity contribution < 1.29 is 8.78 Å². The molecule has 0 aliphatic carbocycles. The highest BCUT2D eigenvalue weighted by molar-refractivity contribution is 9.10. The molecule has 0 unspecified atom stereocenters. The molecule has 10 heteroatoms. The van der Waals surface area contributed by atoms with E-state index >= 15 is 0 Å². The molecule has 2 aromatic carbocycles. The Morgan fingerprint density at radius 2 is 1.45 bits per heavy atom. The highest BCUT2D eigenvalue weighted by Gasteiger charge is 2.10. The zero-order valence-corrected chi connectivity index (χ0v) is 18.5. The number of halogens is 3. The monoisotopic (exact) mass is 502 g/mol. The first-order valence-corrected chi connectivity index (χ1v) is 10.5. The Morgan fingerprint density at radius 3 is 2.06 bits per heavy atom. The number of benzene rings is 2. The maximum absolute atomic E-state index is 13.1. The highest BCUT2D eigenvalue weighted by atomic mass is 79.9. The van der Waals surface area contributed by atoms with E-state index in [2.05, 4.69) is 36.8 Å². The van der Waals surface area contributed by atoms with Gasteiger partial charge in [-0.25, -0.2) is 8.78 Å². The third-order valence-corrected chi connectivity index (χ3v) is 5.14. The van der Waals surface area contributed by atoms with Gasteiger partial charge < -0.3 is 10.6 Å². The smallest absolute Gasteiger partial charge is 0.176 e. The van der Waals surface area contributed by atoms with E-state index < -0.39 is 0 Å². The van der Waals surface area contributed by atoms with Crippen LogP contribution in [0.2, 0.25) is 0 Å². The molecule has 0 aliphatic heterocycles. The van der Waals surface area contributed by atoms with E-state index in [1.54, 1.807) is 46.0 Å². The van der Waals surface area contributed by atoms with E-state index in [9.17, 15) is 8.78 Å². The lowest BCUT2D eigenvalue weighted by Crippen LogP contribution is -2.19. The van der Waals surface area contributed by atoms with Crippen LogP contribution in [-0.4, -0.2) is 24.7 Å². The summed E-state index contributed by atoms with van der Waals surface area (Å²) in [5.74, 6) is 0.0118. The van der Waals surface area contributed by atoms with Gasteiger partial charge in [0.05, 0.1) is 29.4 Å². The van der Waals surface area contributed by atoms with Gasteiger partial charge in [-0.15, -0.1) is 0 Å². The van der Waals surface area contributed by atoms with Gasteiger partial charge in [0.1, 0.15) is 11.6 Å². The molecule has 0 radical (unpaired) electrons. The van der Waals surface area contributed by atoms with Gasteiger partial charge >= 0.3 is 0 Å². The van der Waals surface area contributed by atoms with Crippen molar-refractivity contribution in [3.05, 3.63) is 94.4 Å². The first kappa shape index (κ1) is 21.1. The molecule has 31 heavy (non-hydrogen) atoms. The first-order valence-electron chi connectivity index (χ1n) is 9.27. The van der Waals surface area contributed by atoms with Gasteiger partial charge in [-0.05, 0) is 63.5 Å². The summed E-state index contributed by atoms with van der Waals surface area (Å²) >= 11 is 8.84. The molecular formula is C21H17BrF2N6S. The van der Waals surface area contributed by atoms with Crippen LogP contribution in [0, 0.1) is 11.6 Å². The molecular weight excluding hydrogens is 486 g/mol. The van der Waals surface area contributed by atoms with Crippen LogP contribution in [0.5, 0.6) is 0 Å². The number of hydrogen-bond acceptors (Lipinski definition) is 3. The van der Waals surface area contributed by atoms with Crippen LogP contribution in [0.15, 0.2) is 71.6 Å². The number of aromatic nitrogens is 4. The second-order valence-corrected chi connectivity index (χ2v) is 8.04. The van der Waals surface area contributed by atoms with E-state index in [4.69, 9.17) is 12.2 Å². The molecule has 0 fully saturated rings. The molecule has 0 aliphatic rings. The fourth-order valence-corrected chi connectivity index (χ4v) is 3.53. The Labute approximate surface area is 191 Å². The lowest BCUT2D eigenvalue weighted by atomic mass is 10.2. The predicted octanol–water partition coefficient (Wildman–Crippen LogP) is 5.03. The standard InChI is InChI=1S/C21H17BrF2N6S/c22-19-13-30(11-15-3-7-17(24)8-4-15)28-20(19)27-21(31)26-18-9-25-29(12-18)10-14-1-5-16(23)6-2-14/h1-9,12-13H,10-11H2,(H2,26,27,28,31). The van der Waals surface area contributed by atoms with Gasteiger partial charge in [-0.3, -0.25) is 9.36 Å². The topological polar surface area (TPSA) is 59.7 Å². The van der Waals surface area contributed by atoms with Crippen LogP contribution in [0.25, 0.3) is 0 Å². The van der Waals surface area contributed by atoms with E-state index in [-0.39, 0.29) is 11.6 Å². The quantitative estimate of drug-likeness (QED) is 0.362. The lowest BCUT2D eigenvalue weighted by molar-refractivity contribution is 0.624. The predicted molar refractivity (Wildman–Crippen MR) is 123 cm³/mol. The summed E-state index contributed by atoms with van der Waals surface area (Å²) in [7, 11) is 0. The molecule has 2 N–H and O–H groups in total. The van der Waals surface area contributed by atoms with E-state index in [1.165, 1.54) is 24.3 Å². The second-order valence-electron chi connectivity index (χ2n) is 6.78.